The van der Waals surface area contributed by atoms with E-state index in [4.69, 9.17) is 9.47 Å². The summed E-state index contributed by atoms with van der Waals surface area (Å²) in [6, 6.07) is 0. The number of morpholine rings is 1. The van der Waals surface area contributed by atoms with Gasteiger partial charge in [-0.2, -0.15) is 0 Å². The Balaban J connectivity index is 2.02. The lowest BCUT2D eigenvalue weighted by molar-refractivity contribution is 0.0220. The Bertz CT molecular complexity index is 189. The smallest absolute Gasteiger partial charge is 0.433 e. The highest BCUT2D eigenvalue weighted by Gasteiger charge is 2.10. The molecule has 0 aromatic heterocycles. The lowest BCUT2D eigenvalue weighted by atomic mass is 10.4. The van der Waals surface area contributed by atoms with Crippen molar-refractivity contribution < 1.29 is 19.0 Å². The summed E-state index contributed by atoms with van der Waals surface area (Å²) >= 11 is 0. The van der Waals surface area contributed by atoms with Crippen molar-refractivity contribution >= 4 is 6.16 Å². The average Bonchev–Trinajstić information content (AvgIpc) is 2.20. The van der Waals surface area contributed by atoms with E-state index < -0.39 is 6.16 Å². The van der Waals surface area contributed by atoms with Gasteiger partial charge < -0.3 is 14.2 Å². The predicted molar refractivity (Wildman–Crippen MR) is 49.9 cm³/mol. The Hall–Kier alpha value is -1.07. The van der Waals surface area contributed by atoms with E-state index >= 15 is 0 Å². The molecule has 0 amide bonds. The number of rotatable bonds is 4. The maximum atomic E-state index is 10.7. The highest BCUT2D eigenvalue weighted by atomic mass is 16.7. The molecule has 1 rings (SSSR count). The number of hydrogen-bond acceptors (Lipinski definition) is 5. The van der Waals surface area contributed by atoms with Gasteiger partial charge in [-0.1, -0.05) is 6.58 Å². The molecule has 0 radical (unpaired) electrons. The monoisotopic (exact) mass is 201 g/mol. The minimum Gasteiger partial charge on any atom is -0.433 e. The normalized spacial score (nSPS) is 17.4. The van der Waals surface area contributed by atoms with Crippen molar-refractivity contribution in [2.75, 3.05) is 39.5 Å². The van der Waals surface area contributed by atoms with Crippen LogP contribution in [0.2, 0.25) is 0 Å². The fourth-order valence-corrected chi connectivity index (χ4v) is 1.18. The standard InChI is InChI=1S/C9H15NO4/c1-2-13-9(11)14-8-5-10-3-6-12-7-4-10/h2H,1,3-8H2. The Kier molecular flexibility index (Phi) is 5.03. The van der Waals surface area contributed by atoms with Crippen LogP contribution in [0.3, 0.4) is 0 Å². The molecule has 1 aliphatic rings. The summed E-state index contributed by atoms with van der Waals surface area (Å²) in [5.41, 5.74) is 0. The van der Waals surface area contributed by atoms with E-state index in [1.807, 2.05) is 0 Å². The van der Waals surface area contributed by atoms with Crippen LogP contribution < -0.4 is 0 Å². The summed E-state index contributed by atoms with van der Waals surface area (Å²) in [5.74, 6) is 0. The molecule has 14 heavy (non-hydrogen) atoms. The zero-order valence-electron chi connectivity index (χ0n) is 8.11. The molecule has 5 heteroatoms. The van der Waals surface area contributed by atoms with Gasteiger partial charge in [0.1, 0.15) is 6.61 Å². The van der Waals surface area contributed by atoms with E-state index in [1.54, 1.807) is 0 Å². The highest BCUT2D eigenvalue weighted by molar-refractivity contribution is 5.60. The van der Waals surface area contributed by atoms with Gasteiger partial charge in [0.25, 0.3) is 0 Å². The number of carbonyl (C=O) groups is 1. The topological polar surface area (TPSA) is 48.0 Å². The zero-order chi connectivity index (χ0) is 10.2. The number of nitrogens with zero attached hydrogens (tertiary/aromatic N) is 1. The predicted octanol–water partition coefficient (Wildman–Crippen LogP) is 0.615. The number of carbonyl (C=O) groups excluding carboxylic acids is 1. The van der Waals surface area contributed by atoms with Gasteiger partial charge >= 0.3 is 6.16 Å². The minimum absolute atomic E-state index is 0.340. The maximum Gasteiger partial charge on any atom is 0.513 e. The van der Waals surface area contributed by atoms with Crippen LogP contribution in [0.25, 0.3) is 0 Å². The van der Waals surface area contributed by atoms with Gasteiger partial charge in [0.2, 0.25) is 0 Å². The molecule has 0 unspecified atom stereocenters. The van der Waals surface area contributed by atoms with E-state index in [0.29, 0.717) is 6.61 Å². The third-order valence-corrected chi connectivity index (χ3v) is 1.91. The van der Waals surface area contributed by atoms with Gasteiger partial charge in [0.15, 0.2) is 0 Å². The van der Waals surface area contributed by atoms with Crippen molar-refractivity contribution in [1.82, 2.24) is 4.90 Å². The van der Waals surface area contributed by atoms with Crippen LogP contribution in [0.5, 0.6) is 0 Å². The van der Waals surface area contributed by atoms with Crippen molar-refractivity contribution in [1.29, 1.82) is 0 Å². The number of ether oxygens (including phenoxy) is 3. The second-order valence-corrected chi connectivity index (χ2v) is 2.84. The van der Waals surface area contributed by atoms with Crippen LogP contribution in [0.1, 0.15) is 0 Å². The summed E-state index contributed by atoms with van der Waals surface area (Å²) < 4.78 is 14.3. The van der Waals surface area contributed by atoms with E-state index in [-0.39, 0.29) is 0 Å². The summed E-state index contributed by atoms with van der Waals surface area (Å²) in [4.78, 5) is 12.9. The first kappa shape index (κ1) is 11.0. The molecular weight excluding hydrogens is 186 g/mol. The molecule has 5 nitrogen and oxygen atoms in total. The van der Waals surface area contributed by atoms with Crippen molar-refractivity contribution in [2.45, 2.75) is 0 Å². The molecule has 1 heterocycles. The highest BCUT2D eigenvalue weighted by Crippen LogP contribution is 1.96. The maximum absolute atomic E-state index is 10.7. The average molecular weight is 201 g/mol. The van der Waals surface area contributed by atoms with Crippen LogP contribution in [0.4, 0.5) is 4.79 Å². The molecule has 0 N–H and O–H groups in total. The van der Waals surface area contributed by atoms with Crippen molar-refractivity contribution in [3.05, 3.63) is 12.8 Å². The largest absolute Gasteiger partial charge is 0.513 e. The molecule has 1 aliphatic heterocycles. The molecule has 0 aromatic rings. The zero-order valence-corrected chi connectivity index (χ0v) is 8.11. The van der Waals surface area contributed by atoms with Gasteiger partial charge in [0.05, 0.1) is 19.5 Å². The van der Waals surface area contributed by atoms with Gasteiger partial charge in [-0.05, 0) is 0 Å². The molecule has 0 spiro atoms. The number of hydrogen-bond donors (Lipinski definition) is 0. The molecule has 0 bridgehead atoms. The second kappa shape index (κ2) is 6.39. The van der Waals surface area contributed by atoms with Crippen molar-refractivity contribution in [3.8, 4) is 0 Å². The van der Waals surface area contributed by atoms with Crippen LogP contribution >= 0.6 is 0 Å². The lowest BCUT2D eigenvalue weighted by Crippen LogP contribution is -2.38. The molecule has 0 aliphatic carbocycles. The first-order valence-corrected chi connectivity index (χ1v) is 4.57. The van der Waals surface area contributed by atoms with E-state index in [1.165, 1.54) is 0 Å². The van der Waals surface area contributed by atoms with E-state index in [0.717, 1.165) is 39.1 Å². The fourth-order valence-electron chi connectivity index (χ4n) is 1.18. The van der Waals surface area contributed by atoms with Crippen LogP contribution in [0.15, 0.2) is 12.8 Å². The molecule has 0 atom stereocenters. The lowest BCUT2D eigenvalue weighted by Gasteiger charge is -2.25. The van der Waals surface area contributed by atoms with Gasteiger partial charge in [-0.15, -0.1) is 0 Å². The van der Waals surface area contributed by atoms with Crippen molar-refractivity contribution in [3.63, 3.8) is 0 Å². The van der Waals surface area contributed by atoms with Gasteiger partial charge in [-0.25, -0.2) is 4.79 Å². The summed E-state index contributed by atoms with van der Waals surface area (Å²) in [6.07, 6.45) is 0.352. The molecular formula is C9H15NO4. The SMILES string of the molecule is C=COC(=O)OCCN1CCOCC1. The van der Waals surface area contributed by atoms with Crippen molar-refractivity contribution in [2.24, 2.45) is 0 Å². The Labute approximate surface area is 83.2 Å². The van der Waals surface area contributed by atoms with Gasteiger partial charge in [-0.3, -0.25) is 4.90 Å². The second-order valence-electron chi connectivity index (χ2n) is 2.84. The molecule has 1 fully saturated rings. The first-order valence-electron chi connectivity index (χ1n) is 4.57. The Morgan fingerprint density at radius 3 is 2.86 bits per heavy atom. The Morgan fingerprint density at radius 1 is 1.50 bits per heavy atom. The molecule has 80 valence electrons. The van der Waals surface area contributed by atoms with E-state index in [9.17, 15) is 4.79 Å². The third kappa shape index (κ3) is 4.25. The van der Waals surface area contributed by atoms with Crippen LogP contribution in [-0.4, -0.2) is 50.5 Å². The van der Waals surface area contributed by atoms with E-state index in [2.05, 4.69) is 16.2 Å². The quantitative estimate of drug-likeness (QED) is 0.493. The van der Waals surface area contributed by atoms with Crippen LogP contribution in [0, 0.1) is 0 Å². The van der Waals surface area contributed by atoms with Gasteiger partial charge in [0, 0.05) is 19.6 Å². The summed E-state index contributed by atoms with van der Waals surface area (Å²) in [7, 11) is 0. The minimum atomic E-state index is -0.701. The summed E-state index contributed by atoms with van der Waals surface area (Å²) in [6.45, 7) is 7.58. The molecule has 0 aromatic carbocycles. The summed E-state index contributed by atoms with van der Waals surface area (Å²) in [5, 5.41) is 0. The first-order chi connectivity index (χ1) is 6.83. The third-order valence-electron chi connectivity index (χ3n) is 1.91. The Morgan fingerprint density at radius 2 is 2.21 bits per heavy atom. The molecule has 1 saturated heterocycles. The molecule has 0 saturated carbocycles. The fraction of sp³-hybridized carbons (Fsp3) is 0.667. The van der Waals surface area contributed by atoms with Crippen LogP contribution in [-0.2, 0) is 14.2 Å².